The summed E-state index contributed by atoms with van der Waals surface area (Å²) >= 11 is 0. The Hall–Kier alpha value is -2.17. The van der Waals surface area contributed by atoms with Gasteiger partial charge < -0.3 is 4.57 Å². The number of rotatable bonds is 7. The van der Waals surface area contributed by atoms with Crippen molar-refractivity contribution in [2.75, 3.05) is 0 Å². The SMILES string of the molecule is CCCCCC1=C(C)CC/C1=N/NC(=O)Cn1ccccc1=O. The van der Waals surface area contributed by atoms with Crippen LogP contribution < -0.4 is 11.0 Å². The number of nitrogens with zero attached hydrogens (tertiary/aromatic N) is 2. The highest BCUT2D eigenvalue weighted by molar-refractivity contribution is 6.03. The van der Waals surface area contributed by atoms with E-state index in [1.54, 1.807) is 18.3 Å². The predicted octanol–water partition coefficient (Wildman–Crippen LogP) is 3.01. The Kier molecular flexibility index (Phi) is 6.32. The molecular weight excluding hydrogens is 290 g/mol. The van der Waals surface area contributed by atoms with Crippen molar-refractivity contribution in [1.82, 2.24) is 9.99 Å². The second kappa shape index (κ2) is 8.46. The zero-order chi connectivity index (χ0) is 16.7. The Balaban J connectivity index is 1.95. The zero-order valence-electron chi connectivity index (χ0n) is 14.0. The number of unbranched alkanes of at least 4 members (excludes halogenated alkanes) is 2. The van der Waals surface area contributed by atoms with Crippen molar-refractivity contribution in [2.45, 2.75) is 58.9 Å². The molecule has 1 amide bonds. The van der Waals surface area contributed by atoms with Gasteiger partial charge in [-0.1, -0.05) is 31.4 Å². The van der Waals surface area contributed by atoms with E-state index in [9.17, 15) is 9.59 Å². The third-order valence-electron chi connectivity index (χ3n) is 4.16. The second-order valence-electron chi connectivity index (χ2n) is 5.98. The number of allylic oxidation sites excluding steroid dienone is 2. The Bertz CT molecular complexity index is 671. The molecule has 1 aliphatic rings. The number of amides is 1. The largest absolute Gasteiger partial charge is 0.306 e. The van der Waals surface area contributed by atoms with Crippen LogP contribution in [0.1, 0.15) is 52.4 Å². The van der Waals surface area contributed by atoms with Gasteiger partial charge in [0, 0.05) is 12.3 Å². The van der Waals surface area contributed by atoms with Crippen LogP contribution in [0.15, 0.2) is 45.4 Å². The molecule has 0 bridgehead atoms. The summed E-state index contributed by atoms with van der Waals surface area (Å²) in [7, 11) is 0. The third kappa shape index (κ3) is 4.91. The lowest BCUT2D eigenvalue weighted by atomic mass is 10.0. The molecule has 5 heteroatoms. The maximum atomic E-state index is 12.0. The Labute approximate surface area is 137 Å². The standard InChI is InChI=1S/C18H25N3O2/c1-3-4-5-8-15-14(2)10-11-16(15)19-20-17(22)13-21-12-7-6-9-18(21)23/h6-7,9,12H,3-5,8,10-11,13H2,1-2H3,(H,20,22)/b19-16-. The van der Waals surface area contributed by atoms with Crippen molar-refractivity contribution in [3.8, 4) is 0 Å². The molecule has 0 saturated heterocycles. The van der Waals surface area contributed by atoms with Gasteiger partial charge in [0.15, 0.2) is 0 Å². The van der Waals surface area contributed by atoms with Crippen molar-refractivity contribution in [3.63, 3.8) is 0 Å². The quantitative estimate of drug-likeness (QED) is 0.621. The Morgan fingerprint density at radius 1 is 1.30 bits per heavy atom. The summed E-state index contributed by atoms with van der Waals surface area (Å²) < 4.78 is 1.37. The van der Waals surface area contributed by atoms with Crippen LogP contribution in [0.3, 0.4) is 0 Å². The van der Waals surface area contributed by atoms with Gasteiger partial charge in [-0.05, 0) is 44.2 Å². The van der Waals surface area contributed by atoms with E-state index >= 15 is 0 Å². The van der Waals surface area contributed by atoms with Crippen molar-refractivity contribution in [2.24, 2.45) is 5.10 Å². The first-order valence-corrected chi connectivity index (χ1v) is 8.31. The maximum Gasteiger partial charge on any atom is 0.260 e. The van der Waals surface area contributed by atoms with Gasteiger partial charge in [0.05, 0.1) is 5.71 Å². The van der Waals surface area contributed by atoms with Crippen molar-refractivity contribution >= 4 is 11.6 Å². The summed E-state index contributed by atoms with van der Waals surface area (Å²) in [6.07, 6.45) is 8.12. The van der Waals surface area contributed by atoms with Gasteiger partial charge in [0.2, 0.25) is 0 Å². The van der Waals surface area contributed by atoms with E-state index in [-0.39, 0.29) is 18.0 Å². The lowest BCUT2D eigenvalue weighted by Gasteiger charge is -2.07. The average Bonchev–Trinajstić information content (AvgIpc) is 2.88. The summed E-state index contributed by atoms with van der Waals surface area (Å²) in [5.41, 5.74) is 6.09. The van der Waals surface area contributed by atoms with Crippen LogP contribution in [0, 0.1) is 0 Å². The normalized spacial score (nSPS) is 16.2. The van der Waals surface area contributed by atoms with Gasteiger partial charge in [-0.3, -0.25) is 9.59 Å². The van der Waals surface area contributed by atoms with E-state index in [2.05, 4.69) is 24.4 Å². The molecule has 1 heterocycles. The van der Waals surface area contributed by atoms with Crippen molar-refractivity contribution in [3.05, 3.63) is 45.9 Å². The molecule has 1 aromatic heterocycles. The van der Waals surface area contributed by atoms with E-state index in [1.165, 1.54) is 34.6 Å². The van der Waals surface area contributed by atoms with Crippen LogP contribution in [0.4, 0.5) is 0 Å². The summed E-state index contributed by atoms with van der Waals surface area (Å²) in [5, 5.41) is 4.30. The number of nitrogens with one attached hydrogen (secondary N) is 1. The molecule has 0 aromatic carbocycles. The van der Waals surface area contributed by atoms with E-state index < -0.39 is 0 Å². The molecule has 0 atom stereocenters. The van der Waals surface area contributed by atoms with E-state index in [0.717, 1.165) is 31.4 Å². The van der Waals surface area contributed by atoms with Gasteiger partial charge in [-0.15, -0.1) is 0 Å². The minimum absolute atomic E-state index is 0.00961. The molecule has 0 fully saturated rings. The monoisotopic (exact) mass is 315 g/mol. The van der Waals surface area contributed by atoms with E-state index in [0.29, 0.717) is 0 Å². The number of hydrogen-bond donors (Lipinski definition) is 1. The average molecular weight is 315 g/mol. The van der Waals surface area contributed by atoms with Crippen LogP contribution in [0.25, 0.3) is 0 Å². The van der Waals surface area contributed by atoms with Gasteiger partial charge >= 0.3 is 0 Å². The summed E-state index contributed by atoms with van der Waals surface area (Å²) in [4.78, 5) is 23.6. The predicted molar refractivity (Wildman–Crippen MR) is 92.4 cm³/mol. The number of pyridine rings is 1. The highest BCUT2D eigenvalue weighted by Gasteiger charge is 2.18. The Morgan fingerprint density at radius 3 is 2.87 bits per heavy atom. The van der Waals surface area contributed by atoms with Gasteiger partial charge in [0.1, 0.15) is 6.54 Å². The molecule has 1 N–H and O–H groups in total. The summed E-state index contributed by atoms with van der Waals surface area (Å²) in [6, 6.07) is 4.83. The van der Waals surface area contributed by atoms with Crippen molar-refractivity contribution in [1.29, 1.82) is 0 Å². The fourth-order valence-corrected chi connectivity index (χ4v) is 2.80. The third-order valence-corrected chi connectivity index (χ3v) is 4.16. The summed E-state index contributed by atoms with van der Waals surface area (Å²) in [6.45, 7) is 4.33. The van der Waals surface area contributed by atoms with Crippen LogP contribution in [0.5, 0.6) is 0 Å². The first-order chi connectivity index (χ1) is 11.1. The molecule has 124 valence electrons. The number of hydrogen-bond acceptors (Lipinski definition) is 3. The number of carbonyl (C=O) groups excluding carboxylic acids is 1. The number of carbonyl (C=O) groups is 1. The van der Waals surface area contributed by atoms with Crippen LogP contribution >= 0.6 is 0 Å². The van der Waals surface area contributed by atoms with Crippen LogP contribution in [-0.2, 0) is 11.3 Å². The summed E-state index contributed by atoms with van der Waals surface area (Å²) in [5.74, 6) is -0.275. The van der Waals surface area contributed by atoms with Gasteiger partial charge in [-0.25, -0.2) is 5.43 Å². The van der Waals surface area contributed by atoms with Gasteiger partial charge in [0.25, 0.3) is 11.5 Å². The van der Waals surface area contributed by atoms with Crippen LogP contribution in [-0.4, -0.2) is 16.2 Å². The molecule has 0 radical (unpaired) electrons. The topological polar surface area (TPSA) is 63.5 Å². The van der Waals surface area contributed by atoms with E-state index in [1.807, 2.05) is 0 Å². The molecule has 1 aliphatic carbocycles. The molecule has 0 unspecified atom stereocenters. The minimum Gasteiger partial charge on any atom is -0.306 e. The molecule has 1 aromatic rings. The zero-order valence-corrected chi connectivity index (χ0v) is 14.0. The Morgan fingerprint density at radius 2 is 2.13 bits per heavy atom. The highest BCUT2D eigenvalue weighted by Crippen LogP contribution is 2.27. The molecule has 23 heavy (non-hydrogen) atoms. The smallest absolute Gasteiger partial charge is 0.260 e. The fraction of sp³-hybridized carbons (Fsp3) is 0.500. The second-order valence-corrected chi connectivity index (χ2v) is 5.98. The van der Waals surface area contributed by atoms with Crippen LogP contribution in [0.2, 0.25) is 0 Å². The number of aromatic nitrogens is 1. The maximum absolute atomic E-state index is 12.0. The first-order valence-electron chi connectivity index (χ1n) is 8.31. The number of hydrazone groups is 1. The molecule has 2 rings (SSSR count). The molecule has 0 saturated carbocycles. The lowest BCUT2D eigenvalue weighted by Crippen LogP contribution is -2.29. The molecule has 0 spiro atoms. The highest BCUT2D eigenvalue weighted by atomic mass is 16.2. The van der Waals surface area contributed by atoms with E-state index in [4.69, 9.17) is 0 Å². The fourth-order valence-electron chi connectivity index (χ4n) is 2.80. The minimum atomic E-state index is -0.275. The molecule has 0 aliphatic heterocycles. The molecule has 5 nitrogen and oxygen atoms in total. The lowest BCUT2D eigenvalue weighted by molar-refractivity contribution is -0.121. The first kappa shape index (κ1) is 17.2. The van der Waals surface area contributed by atoms with Crippen molar-refractivity contribution < 1.29 is 4.79 Å². The molecular formula is C18H25N3O2. The van der Waals surface area contributed by atoms with Gasteiger partial charge in [-0.2, -0.15) is 5.10 Å².